The molecule has 1 aliphatic carbocycles. The lowest BCUT2D eigenvalue weighted by Gasteiger charge is -2.27. The third-order valence-corrected chi connectivity index (χ3v) is 5.43. The summed E-state index contributed by atoms with van der Waals surface area (Å²) in [4.78, 5) is 31.2. The number of methoxy groups -OCH3 is 1. The van der Waals surface area contributed by atoms with E-state index in [0.717, 1.165) is 48.1 Å². The van der Waals surface area contributed by atoms with Gasteiger partial charge >= 0.3 is 0 Å². The van der Waals surface area contributed by atoms with Crippen molar-refractivity contribution < 1.29 is 19.1 Å². The summed E-state index contributed by atoms with van der Waals surface area (Å²) in [5.41, 5.74) is 2.85. The maximum atomic E-state index is 13.1. The molecule has 1 aliphatic heterocycles. The zero-order valence-corrected chi connectivity index (χ0v) is 17.0. The molecule has 1 unspecified atom stereocenters. The normalized spacial score (nSPS) is 18.4. The van der Waals surface area contributed by atoms with E-state index < -0.39 is 6.23 Å². The quantitative estimate of drug-likeness (QED) is 0.762. The topological polar surface area (TPSA) is 80.8 Å². The van der Waals surface area contributed by atoms with Crippen LogP contribution in [0.4, 0.5) is 5.82 Å². The molecule has 0 fully saturated rings. The highest BCUT2D eigenvalue weighted by Gasteiger charge is 2.40. The smallest absolute Gasteiger partial charge is 0.252 e. The van der Waals surface area contributed by atoms with Crippen LogP contribution in [0.1, 0.15) is 31.2 Å². The summed E-state index contributed by atoms with van der Waals surface area (Å²) in [6, 6.07) is 12.9. The van der Waals surface area contributed by atoms with E-state index in [-0.39, 0.29) is 18.4 Å². The summed E-state index contributed by atoms with van der Waals surface area (Å²) in [5.74, 6) is 0.954. The van der Waals surface area contributed by atoms with Gasteiger partial charge in [0.25, 0.3) is 11.8 Å². The Labute approximate surface area is 175 Å². The first-order valence-corrected chi connectivity index (χ1v) is 10.1. The van der Waals surface area contributed by atoms with Crippen molar-refractivity contribution in [3.8, 4) is 5.75 Å². The summed E-state index contributed by atoms with van der Waals surface area (Å²) in [7, 11) is 1.62. The van der Waals surface area contributed by atoms with Crippen LogP contribution >= 0.6 is 0 Å². The number of ether oxygens (including phenoxy) is 2. The van der Waals surface area contributed by atoms with E-state index in [4.69, 9.17) is 9.47 Å². The summed E-state index contributed by atoms with van der Waals surface area (Å²) in [6.45, 7) is 0.271. The number of benzene rings is 1. The second-order valence-electron chi connectivity index (χ2n) is 7.42. The van der Waals surface area contributed by atoms with E-state index in [1.54, 1.807) is 36.4 Å². The van der Waals surface area contributed by atoms with Gasteiger partial charge in [0.15, 0.2) is 6.23 Å². The fraction of sp³-hybridized carbons (Fsp3) is 0.348. The molecule has 4 rings (SSSR count). The monoisotopic (exact) mass is 407 g/mol. The molecule has 30 heavy (non-hydrogen) atoms. The third-order valence-electron chi connectivity index (χ3n) is 5.43. The number of hydrogen-bond acceptors (Lipinski definition) is 5. The molecule has 0 saturated heterocycles. The zero-order valence-electron chi connectivity index (χ0n) is 17.0. The highest BCUT2D eigenvalue weighted by atomic mass is 16.5. The Morgan fingerprint density at radius 2 is 1.97 bits per heavy atom. The molecule has 1 atom stereocenters. The summed E-state index contributed by atoms with van der Waals surface area (Å²) < 4.78 is 11.2. The molecule has 0 radical (unpaired) electrons. The Morgan fingerprint density at radius 3 is 2.70 bits per heavy atom. The van der Waals surface area contributed by atoms with Gasteiger partial charge in [0.1, 0.15) is 18.2 Å². The van der Waals surface area contributed by atoms with Crippen molar-refractivity contribution >= 4 is 17.6 Å². The average molecular weight is 407 g/mol. The molecule has 2 amide bonds. The molecule has 1 aromatic heterocycles. The van der Waals surface area contributed by atoms with E-state index in [0.29, 0.717) is 12.4 Å². The molecular weight excluding hydrogens is 382 g/mol. The molecule has 2 aromatic rings. The van der Waals surface area contributed by atoms with Gasteiger partial charge in [-0.2, -0.15) is 0 Å². The van der Waals surface area contributed by atoms with Crippen LogP contribution in [0.25, 0.3) is 0 Å². The Kier molecular flexibility index (Phi) is 6.09. The molecule has 7 nitrogen and oxygen atoms in total. The number of nitrogens with zero attached hydrogens (tertiary/aromatic N) is 2. The number of carbonyl (C=O) groups excluding carboxylic acids is 2. The van der Waals surface area contributed by atoms with Crippen LogP contribution < -0.4 is 10.1 Å². The van der Waals surface area contributed by atoms with E-state index in [1.165, 1.54) is 0 Å². The van der Waals surface area contributed by atoms with Crippen LogP contribution in [0.3, 0.4) is 0 Å². The zero-order chi connectivity index (χ0) is 20.9. The van der Waals surface area contributed by atoms with E-state index >= 15 is 0 Å². The van der Waals surface area contributed by atoms with Gasteiger partial charge in [0, 0.05) is 18.3 Å². The van der Waals surface area contributed by atoms with Gasteiger partial charge in [0.05, 0.1) is 7.11 Å². The SMILES string of the molecule is COc1ccc(CN2C(=O)C3=C(CCCC3)C2OCC(=O)Nc2ccccn2)cc1. The van der Waals surface area contributed by atoms with E-state index in [9.17, 15) is 9.59 Å². The molecule has 7 heteroatoms. The van der Waals surface area contributed by atoms with Gasteiger partial charge < -0.3 is 19.7 Å². The van der Waals surface area contributed by atoms with Crippen LogP contribution in [-0.4, -0.2) is 41.6 Å². The van der Waals surface area contributed by atoms with Crippen molar-refractivity contribution in [3.63, 3.8) is 0 Å². The number of hydrogen-bond donors (Lipinski definition) is 1. The lowest BCUT2D eigenvalue weighted by atomic mass is 9.93. The van der Waals surface area contributed by atoms with Crippen LogP contribution in [0.2, 0.25) is 0 Å². The lowest BCUT2D eigenvalue weighted by molar-refractivity contribution is -0.140. The maximum Gasteiger partial charge on any atom is 0.252 e. The number of rotatable bonds is 7. The second-order valence-corrected chi connectivity index (χ2v) is 7.42. The minimum atomic E-state index is -0.510. The van der Waals surface area contributed by atoms with Crippen molar-refractivity contribution in [3.05, 3.63) is 65.4 Å². The first-order valence-electron chi connectivity index (χ1n) is 10.1. The average Bonchev–Trinajstić information content (AvgIpc) is 3.05. The van der Waals surface area contributed by atoms with Crippen molar-refractivity contribution in [2.75, 3.05) is 19.0 Å². The summed E-state index contributed by atoms with van der Waals surface area (Å²) in [6.07, 6.45) is 4.74. The maximum absolute atomic E-state index is 13.1. The predicted octanol–water partition coefficient (Wildman–Crippen LogP) is 3.28. The molecule has 0 spiro atoms. The first-order chi connectivity index (χ1) is 14.7. The Bertz CT molecular complexity index is 941. The number of anilines is 1. The van der Waals surface area contributed by atoms with Crippen molar-refractivity contribution in [2.45, 2.75) is 38.5 Å². The van der Waals surface area contributed by atoms with Gasteiger partial charge in [-0.25, -0.2) is 4.98 Å². The van der Waals surface area contributed by atoms with Crippen LogP contribution in [-0.2, 0) is 20.9 Å². The minimum Gasteiger partial charge on any atom is -0.497 e. The number of nitrogens with one attached hydrogen (secondary N) is 1. The predicted molar refractivity (Wildman–Crippen MR) is 112 cm³/mol. The molecule has 1 N–H and O–H groups in total. The minimum absolute atomic E-state index is 0.00986. The van der Waals surface area contributed by atoms with E-state index in [2.05, 4.69) is 10.3 Å². The van der Waals surface area contributed by atoms with Gasteiger partial charge in [-0.3, -0.25) is 9.59 Å². The molecular formula is C23H25N3O4. The van der Waals surface area contributed by atoms with Crippen LogP contribution in [0.5, 0.6) is 5.75 Å². The number of amides is 2. The number of aromatic nitrogens is 1. The van der Waals surface area contributed by atoms with Crippen LogP contribution in [0, 0.1) is 0 Å². The van der Waals surface area contributed by atoms with E-state index in [1.807, 2.05) is 24.3 Å². The Morgan fingerprint density at radius 1 is 1.17 bits per heavy atom. The molecule has 2 heterocycles. The van der Waals surface area contributed by atoms with Crippen LogP contribution in [0.15, 0.2) is 59.8 Å². The summed E-state index contributed by atoms with van der Waals surface area (Å²) >= 11 is 0. The first kappa shape index (κ1) is 20.1. The standard InChI is InChI=1S/C23H25N3O4/c1-29-17-11-9-16(10-12-17)14-26-22(28)18-6-2-3-7-19(18)23(26)30-15-21(27)25-20-8-4-5-13-24-20/h4-5,8-13,23H,2-3,6-7,14-15H2,1H3,(H,24,25,27). The number of carbonyl (C=O) groups is 2. The fourth-order valence-corrected chi connectivity index (χ4v) is 3.96. The molecule has 1 aromatic carbocycles. The highest BCUT2D eigenvalue weighted by Crippen LogP contribution is 2.37. The molecule has 0 saturated carbocycles. The Balaban J connectivity index is 1.47. The molecule has 0 bridgehead atoms. The molecule has 156 valence electrons. The largest absolute Gasteiger partial charge is 0.497 e. The van der Waals surface area contributed by atoms with Gasteiger partial charge in [-0.1, -0.05) is 18.2 Å². The molecule has 2 aliphatic rings. The van der Waals surface area contributed by atoms with Crippen molar-refractivity contribution in [1.82, 2.24) is 9.88 Å². The summed E-state index contributed by atoms with van der Waals surface area (Å²) in [5, 5.41) is 2.72. The van der Waals surface area contributed by atoms with Crippen molar-refractivity contribution in [2.24, 2.45) is 0 Å². The number of pyridine rings is 1. The van der Waals surface area contributed by atoms with Gasteiger partial charge in [-0.15, -0.1) is 0 Å². The van der Waals surface area contributed by atoms with Gasteiger partial charge in [0.2, 0.25) is 0 Å². The lowest BCUT2D eigenvalue weighted by Crippen LogP contribution is -2.38. The second kappa shape index (κ2) is 9.09. The Hall–Kier alpha value is -3.19. The fourth-order valence-electron chi connectivity index (χ4n) is 3.96. The third kappa shape index (κ3) is 4.36. The van der Waals surface area contributed by atoms with Gasteiger partial charge in [-0.05, 0) is 61.1 Å². The van der Waals surface area contributed by atoms with Crippen molar-refractivity contribution in [1.29, 1.82) is 0 Å². The highest BCUT2D eigenvalue weighted by molar-refractivity contribution is 5.97.